The molecule has 0 bridgehead atoms. The number of aromatic nitrogens is 1. The highest BCUT2D eigenvalue weighted by Crippen LogP contribution is 2.21. The van der Waals surface area contributed by atoms with Gasteiger partial charge in [0, 0.05) is 50.1 Å². The molecule has 0 unspecified atom stereocenters. The molecule has 0 radical (unpaired) electrons. The second-order valence-electron chi connectivity index (χ2n) is 6.36. The Bertz CT molecular complexity index is 801. The molecule has 0 atom stereocenters. The number of rotatable bonds is 4. The Morgan fingerprint density at radius 3 is 2.50 bits per heavy atom. The lowest BCUT2D eigenvalue weighted by molar-refractivity contribution is 0.250. The number of hydrogen-bond donors (Lipinski definition) is 1. The van der Waals surface area contributed by atoms with Crippen LogP contribution in [0.1, 0.15) is 5.56 Å². The van der Waals surface area contributed by atoms with Gasteiger partial charge in [-0.3, -0.25) is 4.90 Å². The summed E-state index contributed by atoms with van der Waals surface area (Å²) in [5, 5.41) is 1.30. The van der Waals surface area contributed by atoms with E-state index in [4.69, 9.17) is 4.74 Å². The molecule has 3 aromatic rings. The van der Waals surface area contributed by atoms with Crippen LogP contribution in [0.4, 0.5) is 5.69 Å². The molecule has 4 heteroatoms. The summed E-state index contributed by atoms with van der Waals surface area (Å²) in [5.41, 5.74) is 3.88. The number of piperazine rings is 1. The Balaban J connectivity index is 1.36. The molecule has 1 N–H and O–H groups in total. The van der Waals surface area contributed by atoms with E-state index in [1.165, 1.54) is 22.2 Å². The summed E-state index contributed by atoms with van der Waals surface area (Å²) in [6, 6.07) is 17.2. The van der Waals surface area contributed by atoms with Crippen molar-refractivity contribution in [3.63, 3.8) is 0 Å². The molecule has 0 amide bonds. The third-order valence-corrected chi connectivity index (χ3v) is 4.83. The van der Waals surface area contributed by atoms with Crippen LogP contribution in [-0.2, 0) is 6.54 Å². The van der Waals surface area contributed by atoms with Crippen molar-refractivity contribution in [3.8, 4) is 5.75 Å². The molecular formula is C20H23N3O. The monoisotopic (exact) mass is 321 g/mol. The number of methoxy groups -OCH3 is 1. The number of aromatic amines is 1. The molecule has 4 rings (SSSR count). The molecule has 1 aliphatic heterocycles. The normalized spacial score (nSPS) is 15.8. The van der Waals surface area contributed by atoms with E-state index in [2.05, 4.69) is 51.2 Å². The first-order valence-corrected chi connectivity index (χ1v) is 8.49. The van der Waals surface area contributed by atoms with Crippen molar-refractivity contribution < 1.29 is 4.74 Å². The van der Waals surface area contributed by atoms with Crippen LogP contribution in [0.25, 0.3) is 10.9 Å². The second kappa shape index (κ2) is 6.57. The summed E-state index contributed by atoms with van der Waals surface area (Å²) in [7, 11) is 1.71. The van der Waals surface area contributed by atoms with Gasteiger partial charge in [0.2, 0.25) is 0 Å². The number of hydrogen-bond acceptors (Lipinski definition) is 3. The van der Waals surface area contributed by atoms with Gasteiger partial charge in [0.1, 0.15) is 5.75 Å². The minimum atomic E-state index is 0.914. The number of nitrogens with zero attached hydrogens (tertiary/aromatic N) is 2. The van der Waals surface area contributed by atoms with Gasteiger partial charge in [-0.05, 0) is 53.4 Å². The van der Waals surface area contributed by atoms with E-state index in [0.29, 0.717) is 0 Å². The van der Waals surface area contributed by atoms with E-state index in [-0.39, 0.29) is 0 Å². The predicted molar refractivity (Wildman–Crippen MR) is 98.8 cm³/mol. The Morgan fingerprint density at radius 1 is 0.958 bits per heavy atom. The zero-order valence-corrected chi connectivity index (χ0v) is 14.0. The summed E-state index contributed by atoms with van der Waals surface area (Å²) in [6.07, 6.45) is 2.00. The van der Waals surface area contributed by atoms with Crippen molar-refractivity contribution in [2.75, 3.05) is 38.2 Å². The molecule has 0 spiro atoms. The minimum Gasteiger partial charge on any atom is -0.497 e. The number of H-pyrrole nitrogens is 1. The molecule has 4 nitrogen and oxygen atoms in total. The zero-order valence-electron chi connectivity index (χ0n) is 14.0. The third kappa shape index (κ3) is 3.10. The molecule has 0 aliphatic carbocycles. The molecule has 24 heavy (non-hydrogen) atoms. The first kappa shape index (κ1) is 15.1. The van der Waals surface area contributed by atoms with Gasteiger partial charge in [-0.2, -0.15) is 0 Å². The van der Waals surface area contributed by atoms with Crippen molar-refractivity contribution in [2.45, 2.75) is 6.54 Å². The SMILES string of the molecule is COc1ccc(N2CCN(Cc3ccc4[nH]ccc4c3)CC2)cc1. The zero-order chi connectivity index (χ0) is 16.4. The molecule has 0 saturated carbocycles. The van der Waals surface area contributed by atoms with Gasteiger partial charge < -0.3 is 14.6 Å². The number of nitrogens with one attached hydrogen (secondary N) is 1. The van der Waals surface area contributed by atoms with Gasteiger partial charge in [-0.25, -0.2) is 0 Å². The average molecular weight is 321 g/mol. The van der Waals surface area contributed by atoms with E-state index in [0.717, 1.165) is 38.5 Å². The predicted octanol–water partition coefficient (Wildman–Crippen LogP) is 3.50. The summed E-state index contributed by atoms with van der Waals surface area (Å²) >= 11 is 0. The number of fused-ring (bicyclic) bond motifs is 1. The maximum atomic E-state index is 5.24. The van der Waals surface area contributed by atoms with E-state index in [9.17, 15) is 0 Å². The topological polar surface area (TPSA) is 31.5 Å². The lowest BCUT2D eigenvalue weighted by atomic mass is 10.1. The van der Waals surface area contributed by atoms with Crippen LogP contribution in [0.5, 0.6) is 5.75 Å². The smallest absolute Gasteiger partial charge is 0.119 e. The molecule has 2 heterocycles. The average Bonchev–Trinajstić information content (AvgIpc) is 3.10. The van der Waals surface area contributed by atoms with Crippen LogP contribution in [0.15, 0.2) is 54.7 Å². The molecule has 124 valence electrons. The summed E-state index contributed by atoms with van der Waals surface area (Å²) in [6.45, 7) is 5.35. The molecule has 1 aliphatic rings. The molecule has 1 aromatic heterocycles. The molecule has 2 aromatic carbocycles. The fourth-order valence-electron chi connectivity index (χ4n) is 3.42. The quantitative estimate of drug-likeness (QED) is 0.798. The van der Waals surface area contributed by atoms with Crippen LogP contribution in [0.3, 0.4) is 0 Å². The Labute approximate surface area is 142 Å². The first-order chi connectivity index (χ1) is 11.8. The highest BCUT2D eigenvalue weighted by atomic mass is 16.5. The summed E-state index contributed by atoms with van der Waals surface area (Å²) in [4.78, 5) is 8.24. The van der Waals surface area contributed by atoms with Gasteiger partial charge in [-0.15, -0.1) is 0 Å². The van der Waals surface area contributed by atoms with Crippen LogP contribution in [0, 0.1) is 0 Å². The first-order valence-electron chi connectivity index (χ1n) is 8.49. The van der Waals surface area contributed by atoms with E-state index in [1.54, 1.807) is 7.11 Å². The van der Waals surface area contributed by atoms with Crippen molar-refractivity contribution >= 4 is 16.6 Å². The standard InChI is InChI=1S/C20H23N3O/c1-24-19-5-3-18(4-6-19)23-12-10-22(11-13-23)15-16-2-7-20-17(14-16)8-9-21-20/h2-9,14,21H,10-13,15H2,1H3. The Morgan fingerprint density at radius 2 is 1.75 bits per heavy atom. The highest BCUT2D eigenvalue weighted by molar-refractivity contribution is 5.79. The molecule has 1 fully saturated rings. The van der Waals surface area contributed by atoms with Crippen molar-refractivity contribution in [3.05, 3.63) is 60.3 Å². The highest BCUT2D eigenvalue weighted by Gasteiger charge is 2.17. The third-order valence-electron chi connectivity index (χ3n) is 4.83. The van der Waals surface area contributed by atoms with E-state index < -0.39 is 0 Å². The maximum Gasteiger partial charge on any atom is 0.119 e. The minimum absolute atomic E-state index is 0.914. The lowest BCUT2D eigenvalue weighted by Crippen LogP contribution is -2.45. The van der Waals surface area contributed by atoms with Gasteiger partial charge in [0.05, 0.1) is 7.11 Å². The number of ether oxygens (including phenoxy) is 1. The van der Waals surface area contributed by atoms with Crippen LogP contribution >= 0.6 is 0 Å². The molecular weight excluding hydrogens is 298 g/mol. The van der Waals surface area contributed by atoms with Gasteiger partial charge >= 0.3 is 0 Å². The van der Waals surface area contributed by atoms with Crippen molar-refractivity contribution in [1.82, 2.24) is 9.88 Å². The fraction of sp³-hybridized carbons (Fsp3) is 0.300. The van der Waals surface area contributed by atoms with Crippen molar-refractivity contribution in [2.24, 2.45) is 0 Å². The van der Waals surface area contributed by atoms with Gasteiger partial charge in [-0.1, -0.05) is 6.07 Å². The Kier molecular flexibility index (Phi) is 4.13. The van der Waals surface area contributed by atoms with Gasteiger partial charge in [0.15, 0.2) is 0 Å². The largest absolute Gasteiger partial charge is 0.497 e. The number of anilines is 1. The van der Waals surface area contributed by atoms with E-state index >= 15 is 0 Å². The second-order valence-corrected chi connectivity index (χ2v) is 6.36. The van der Waals surface area contributed by atoms with Crippen LogP contribution < -0.4 is 9.64 Å². The number of benzene rings is 2. The molecule has 1 saturated heterocycles. The lowest BCUT2D eigenvalue weighted by Gasteiger charge is -2.36. The van der Waals surface area contributed by atoms with Gasteiger partial charge in [0.25, 0.3) is 0 Å². The summed E-state index contributed by atoms with van der Waals surface area (Å²) in [5.74, 6) is 0.914. The summed E-state index contributed by atoms with van der Waals surface area (Å²) < 4.78 is 5.24. The Hall–Kier alpha value is -2.46. The van der Waals surface area contributed by atoms with E-state index in [1.807, 2.05) is 18.3 Å². The van der Waals surface area contributed by atoms with Crippen LogP contribution in [-0.4, -0.2) is 43.2 Å². The maximum absolute atomic E-state index is 5.24. The van der Waals surface area contributed by atoms with Crippen LogP contribution in [0.2, 0.25) is 0 Å². The van der Waals surface area contributed by atoms with Crippen molar-refractivity contribution in [1.29, 1.82) is 0 Å². The fourth-order valence-corrected chi connectivity index (χ4v) is 3.42.